The SMILES string of the molecule is C=C(CCCN(CCCCC)CCCCC)[C@H]1CC[C@H]2C3C(OCCCN)CC4CC(OCCCN)CC[C@]4(C)[C@H]3C[C@H](OCCCN)[C@]12C. The number of nitrogens with two attached hydrogens (primary N) is 3. The number of ether oxygens (including phenoxy) is 3. The van der Waals surface area contributed by atoms with Crippen LogP contribution in [0.3, 0.4) is 0 Å². The third-order valence-corrected chi connectivity index (χ3v) is 14.4. The Kier molecular flexibility index (Phi) is 18.0. The van der Waals surface area contributed by atoms with Crippen LogP contribution >= 0.6 is 0 Å². The summed E-state index contributed by atoms with van der Waals surface area (Å²) >= 11 is 0. The zero-order valence-corrected chi connectivity index (χ0v) is 33.3. The molecule has 0 aliphatic heterocycles. The fourth-order valence-corrected chi connectivity index (χ4v) is 11.5. The largest absolute Gasteiger partial charge is 0.378 e. The highest BCUT2D eigenvalue weighted by molar-refractivity contribution is 5.20. The van der Waals surface area contributed by atoms with Crippen molar-refractivity contribution >= 4 is 0 Å². The Morgan fingerprint density at radius 3 is 1.96 bits per heavy atom. The maximum atomic E-state index is 7.04. The number of hydrogen-bond acceptors (Lipinski definition) is 7. The maximum absolute atomic E-state index is 7.04. The molecule has 0 aromatic rings. The zero-order chi connectivity index (χ0) is 36.0. The summed E-state index contributed by atoms with van der Waals surface area (Å²) in [6.45, 7) is 22.9. The van der Waals surface area contributed by atoms with Crippen LogP contribution in [0.25, 0.3) is 0 Å². The first-order valence-corrected chi connectivity index (χ1v) is 21.6. The summed E-state index contributed by atoms with van der Waals surface area (Å²) in [5.74, 6) is 2.87. The number of unbranched alkanes of at least 4 members (excludes halogenated alkanes) is 4. The second-order valence-corrected chi connectivity index (χ2v) is 17.4. The number of rotatable bonds is 25. The molecule has 4 rings (SSSR count). The van der Waals surface area contributed by atoms with Crippen LogP contribution in [0.5, 0.6) is 0 Å². The molecule has 0 amide bonds. The Morgan fingerprint density at radius 1 is 0.700 bits per heavy atom. The van der Waals surface area contributed by atoms with Crippen molar-refractivity contribution in [1.82, 2.24) is 4.90 Å². The summed E-state index contributed by atoms with van der Waals surface area (Å²) in [4.78, 5) is 2.75. The van der Waals surface area contributed by atoms with E-state index in [1.54, 1.807) is 0 Å². The Labute approximate surface area is 308 Å². The van der Waals surface area contributed by atoms with Gasteiger partial charge in [0.15, 0.2) is 0 Å². The average molecular weight is 703 g/mol. The molecular formula is C43H82N4O3. The van der Waals surface area contributed by atoms with Gasteiger partial charge in [0.25, 0.3) is 0 Å². The van der Waals surface area contributed by atoms with Gasteiger partial charge in [0.2, 0.25) is 0 Å². The summed E-state index contributed by atoms with van der Waals surface area (Å²) in [5, 5.41) is 0. The molecule has 0 radical (unpaired) electrons. The minimum atomic E-state index is 0.0794. The van der Waals surface area contributed by atoms with Gasteiger partial charge in [0, 0.05) is 25.2 Å². The molecule has 4 unspecified atom stereocenters. The summed E-state index contributed by atoms with van der Waals surface area (Å²) in [6.07, 6.45) is 22.3. The van der Waals surface area contributed by atoms with E-state index in [1.807, 2.05) is 0 Å². The molecule has 6 N–H and O–H groups in total. The molecule has 0 heterocycles. The Balaban J connectivity index is 1.53. The van der Waals surface area contributed by atoms with E-state index in [4.69, 9.17) is 38.0 Å². The predicted octanol–water partition coefficient (Wildman–Crippen LogP) is 8.09. The van der Waals surface area contributed by atoms with Gasteiger partial charge in [-0.3, -0.25) is 0 Å². The fraction of sp³-hybridized carbons (Fsp3) is 0.953. The molecular weight excluding hydrogens is 620 g/mol. The van der Waals surface area contributed by atoms with Crippen LogP contribution in [0.15, 0.2) is 12.2 Å². The van der Waals surface area contributed by atoms with E-state index < -0.39 is 0 Å². The molecule has 0 bridgehead atoms. The quantitative estimate of drug-likeness (QED) is 0.0652. The van der Waals surface area contributed by atoms with Gasteiger partial charge in [-0.05, 0) is 164 Å². The van der Waals surface area contributed by atoms with E-state index >= 15 is 0 Å². The molecule has 10 atom stereocenters. The van der Waals surface area contributed by atoms with E-state index in [0.717, 1.165) is 71.2 Å². The standard InChI is InChI=1S/C43H82N4O3/c1-6-8-10-24-47(25-11-9-7-2)26-12-16-33(3)36-17-18-37-41-38(32-40(43(36,37)5)50-29-15-23-46)42(4)20-19-35(48-27-13-21-44)30-34(42)31-39(41)49-28-14-22-45/h34-41H,3,6-32,44-46H2,1-2,4-5H3/t34?,35?,36-,37+,38+,39?,40+,41?,42+,43-/m1/s1. The molecule has 292 valence electrons. The van der Waals surface area contributed by atoms with Crippen molar-refractivity contribution in [1.29, 1.82) is 0 Å². The molecule has 7 nitrogen and oxygen atoms in total. The van der Waals surface area contributed by atoms with Crippen LogP contribution in [-0.4, -0.2) is 82.3 Å². The molecule has 0 spiro atoms. The van der Waals surface area contributed by atoms with Crippen molar-refractivity contribution in [3.8, 4) is 0 Å². The van der Waals surface area contributed by atoms with Gasteiger partial charge in [-0.25, -0.2) is 0 Å². The van der Waals surface area contributed by atoms with Crippen LogP contribution in [0, 0.1) is 40.4 Å². The van der Waals surface area contributed by atoms with Gasteiger partial charge in [-0.15, -0.1) is 0 Å². The highest BCUT2D eigenvalue weighted by Gasteiger charge is 2.66. The average Bonchev–Trinajstić information content (AvgIpc) is 3.47. The second-order valence-electron chi connectivity index (χ2n) is 17.4. The van der Waals surface area contributed by atoms with Gasteiger partial charge in [0.1, 0.15) is 0 Å². The zero-order valence-electron chi connectivity index (χ0n) is 33.3. The minimum Gasteiger partial charge on any atom is -0.378 e. The van der Waals surface area contributed by atoms with E-state index in [-0.39, 0.29) is 23.0 Å². The van der Waals surface area contributed by atoms with Crippen LogP contribution in [-0.2, 0) is 14.2 Å². The smallest absolute Gasteiger partial charge is 0.0640 e. The van der Waals surface area contributed by atoms with Gasteiger partial charge < -0.3 is 36.3 Å². The number of nitrogens with zero attached hydrogens (tertiary/aromatic N) is 1. The number of hydrogen-bond donors (Lipinski definition) is 3. The van der Waals surface area contributed by atoms with Crippen LogP contribution < -0.4 is 17.2 Å². The number of allylic oxidation sites excluding steroid dienone is 1. The first-order valence-electron chi connectivity index (χ1n) is 21.6. The first-order chi connectivity index (χ1) is 24.3. The van der Waals surface area contributed by atoms with Crippen molar-refractivity contribution < 1.29 is 14.2 Å². The highest BCUT2D eigenvalue weighted by Crippen LogP contribution is 2.69. The third-order valence-electron chi connectivity index (χ3n) is 14.4. The summed E-state index contributed by atoms with van der Waals surface area (Å²) in [7, 11) is 0. The highest BCUT2D eigenvalue weighted by atomic mass is 16.5. The van der Waals surface area contributed by atoms with Gasteiger partial charge in [0.05, 0.1) is 18.3 Å². The van der Waals surface area contributed by atoms with Crippen LogP contribution in [0.2, 0.25) is 0 Å². The lowest BCUT2D eigenvalue weighted by Crippen LogP contribution is -2.63. The van der Waals surface area contributed by atoms with Gasteiger partial charge >= 0.3 is 0 Å². The van der Waals surface area contributed by atoms with E-state index in [1.165, 1.54) is 89.4 Å². The van der Waals surface area contributed by atoms with Crippen LogP contribution in [0.4, 0.5) is 0 Å². The predicted molar refractivity (Wildman–Crippen MR) is 210 cm³/mol. The molecule has 4 saturated carbocycles. The van der Waals surface area contributed by atoms with Crippen molar-refractivity contribution in [2.24, 2.45) is 57.6 Å². The lowest BCUT2D eigenvalue weighted by atomic mass is 9.43. The molecule has 0 aromatic carbocycles. The molecule has 0 saturated heterocycles. The topological polar surface area (TPSA) is 109 Å². The minimum absolute atomic E-state index is 0.0794. The Hall–Kier alpha value is -0.540. The van der Waals surface area contributed by atoms with E-state index in [0.29, 0.717) is 55.3 Å². The molecule has 4 aliphatic rings. The van der Waals surface area contributed by atoms with Gasteiger partial charge in [-0.2, -0.15) is 0 Å². The molecule has 7 heteroatoms. The van der Waals surface area contributed by atoms with Crippen molar-refractivity contribution in [2.75, 3.05) is 59.1 Å². The summed E-state index contributed by atoms with van der Waals surface area (Å²) in [6, 6.07) is 0. The Morgan fingerprint density at radius 2 is 1.32 bits per heavy atom. The third kappa shape index (κ3) is 10.4. The maximum Gasteiger partial charge on any atom is 0.0640 e. The Bertz CT molecular complexity index is 956. The first kappa shape index (κ1) is 42.2. The fourth-order valence-electron chi connectivity index (χ4n) is 11.5. The number of fused-ring (bicyclic) bond motifs is 5. The van der Waals surface area contributed by atoms with Crippen LogP contribution in [0.1, 0.15) is 143 Å². The summed E-state index contributed by atoms with van der Waals surface area (Å²) in [5.41, 5.74) is 19.7. The second kappa shape index (κ2) is 21.4. The monoisotopic (exact) mass is 703 g/mol. The summed E-state index contributed by atoms with van der Waals surface area (Å²) < 4.78 is 20.4. The van der Waals surface area contributed by atoms with Crippen molar-refractivity contribution in [3.63, 3.8) is 0 Å². The van der Waals surface area contributed by atoms with Crippen molar-refractivity contribution in [2.45, 2.75) is 162 Å². The van der Waals surface area contributed by atoms with Gasteiger partial charge in [-0.1, -0.05) is 65.5 Å². The molecule has 4 aliphatic carbocycles. The van der Waals surface area contributed by atoms with Crippen molar-refractivity contribution in [3.05, 3.63) is 12.2 Å². The lowest BCUT2D eigenvalue weighted by Gasteiger charge is -2.64. The lowest BCUT2D eigenvalue weighted by molar-refractivity contribution is -0.223. The normalized spacial score (nSPS) is 35.2. The van der Waals surface area contributed by atoms with E-state index in [2.05, 4.69) is 32.6 Å². The molecule has 0 aromatic heterocycles. The molecule has 50 heavy (non-hydrogen) atoms. The van der Waals surface area contributed by atoms with E-state index in [9.17, 15) is 0 Å². The molecule has 4 fully saturated rings.